The number of carbonyl (C=O) groups excluding carboxylic acids is 1. The third-order valence-electron chi connectivity index (χ3n) is 6.43. The molecule has 2 aromatic rings. The van der Waals surface area contributed by atoms with Crippen LogP contribution in [0, 0.1) is 40.0 Å². The molecule has 0 atom stereocenters. The smallest absolute Gasteiger partial charge is 0.262 e. The van der Waals surface area contributed by atoms with Gasteiger partial charge in [-0.1, -0.05) is 6.08 Å². The zero-order valence-electron chi connectivity index (χ0n) is 19.9. The predicted octanol–water partition coefficient (Wildman–Crippen LogP) is 4.97. The van der Waals surface area contributed by atoms with Gasteiger partial charge < -0.3 is 9.64 Å². The van der Waals surface area contributed by atoms with Gasteiger partial charge >= 0.3 is 0 Å². The van der Waals surface area contributed by atoms with Crippen LogP contribution in [0.1, 0.15) is 41.7 Å². The Morgan fingerprint density at radius 1 is 1.06 bits per heavy atom. The molecule has 1 heterocycles. The average Bonchev–Trinajstić information content (AvgIpc) is 2.81. The molecule has 0 saturated heterocycles. The number of nitrogens with zero attached hydrogens (tertiary/aromatic N) is 1. The lowest BCUT2D eigenvalue weighted by molar-refractivity contribution is -0.127. The van der Waals surface area contributed by atoms with Crippen molar-refractivity contribution in [2.45, 2.75) is 53.4 Å². The molecule has 32 heavy (non-hydrogen) atoms. The van der Waals surface area contributed by atoms with Crippen LogP contribution in [0.5, 0.6) is 5.75 Å². The van der Waals surface area contributed by atoms with Crippen LogP contribution >= 0.6 is 0 Å². The van der Waals surface area contributed by atoms with Crippen LogP contribution in [0.25, 0.3) is 0 Å². The topological polar surface area (TPSA) is 75.7 Å². The van der Waals surface area contributed by atoms with E-state index in [0.29, 0.717) is 28.6 Å². The lowest BCUT2D eigenvalue weighted by Gasteiger charge is -2.27. The summed E-state index contributed by atoms with van der Waals surface area (Å²) in [5.74, 6) is 0.386. The standard InChI is InChI=1S/C25H32N2O4S/c1-9-12-27-21-11-10-20(13-22(21)31-14-25(7,8)24(27)28)26-32(29,30)23-18(5)16(3)15(2)17(4)19(23)6/h9-11,13,26H,1,12,14H2,2-8H3. The number of fused-ring (bicyclic) bond motifs is 1. The van der Waals surface area contributed by atoms with Crippen LogP contribution in [-0.2, 0) is 14.8 Å². The second-order valence-corrected chi connectivity index (χ2v) is 10.7. The molecule has 1 N–H and O–H groups in total. The summed E-state index contributed by atoms with van der Waals surface area (Å²) in [5.41, 5.74) is 4.79. The highest BCUT2D eigenvalue weighted by Crippen LogP contribution is 2.39. The molecule has 0 saturated carbocycles. The Balaban J connectivity index is 2.05. The molecule has 3 rings (SSSR count). The van der Waals surface area contributed by atoms with E-state index in [9.17, 15) is 13.2 Å². The van der Waals surface area contributed by atoms with Gasteiger partial charge in [-0.2, -0.15) is 0 Å². The Morgan fingerprint density at radius 2 is 1.62 bits per heavy atom. The van der Waals surface area contributed by atoms with E-state index in [-0.39, 0.29) is 12.5 Å². The second-order valence-electron chi connectivity index (χ2n) is 9.12. The molecule has 0 unspecified atom stereocenters. The Labute approximate surface area is 191 Å². The monoisotopic (exact) mass is 456 g/mol. The van der Waals surface area contributed by atoms with Gasteiger partial charge in [-0.3, -0.25) is 9.52 Å². The third-order valence-corrected chi connectivity index (χ3v) is 8.08. The molecule has 1 aliphatic heterocycles. The van der Waals surface area contributed by atoms with E-state index in [1.165, 1.54) is 0 Å². The zero-order valence-corrected chi connectivity index (χ0v) is 20.7. The first-order valence-electron chi connectivity index (χ1n) is 10.6. The van der Waals surface area contributed by atoms with Crippen molar-refractivity contribution in [3.05, 3.63) is 58.7 Å². The average molecular weight is 457 g/mol. The van der Waals surface area contributed by atoms with E-state index < -0.39 is 15.4 Å². The van der Waals surface area contributed by atoms with E-state index in [2.05, 4.69) is 11.3 Å². The van der Waals surface area contributed by atoms with Crippen LogP contribution < -0.4 is 14.4 Å². The van der Waals surface area contributed by atoms with Gasteiger partial charge in [-0.25, -0.2) is 8.42 Å². The largest absolute Gasteiger partial charge is 0.490 e. The van der Waals surface area contributed by atoms with Crippen LogP contribution in [0.2, 0.25) is 0 Å². The normalized spacial score (nSPS) is 15.6. The van der Waals surface area contributed by atoms with Crippen molar-refractivity contribution in [3.8, 4) is 5.75 Å². The first-order valence-corrected chi connectivity index (χ1v) is 12.1. The lowest BCUT2D eigenvalue weighted by atomic mass is 9.93. The highest BCUT2D eigenvalue weighted by molar-refractivity contribution is 7.92. The fourth-order valence-corrected chi connectivity index (χ4v) is 5.75. The van der Waals surface area contributed by atoms with Crippen LogP contribution in [0.4, 0.5) is 11.4 Å². The molecule has 1 amide bonds. The number of anilines is 2. The number of hydrogen-bond acceptors (Lipinski definition) is 4. The van der Waals surface area contributed by atoms with Gasteiger partial charge in [0.25, 0.3) is 10.0 Å². The van der Waals surface area contributed by atoms with E-state index in [1.54, 1.807) is 29.2 Å². The summed E-state index contributed by atoms with van der Waals surface area (Å²) in [6, 6.07) is 5.00. The number of sulfonamides is 1. The number of hydrogen-bond donors (Lipinski definition) is 1. The summed E-state index contributed by atoms with van der Waals surface area (Å²) in [5, 5.41) is 0. The fourth-order valence-electron chi connectivity index (χ4n) is 4.10. The maximum Gasteiger partial charge on any atom is 0.262 e. The number of benzene rings is 2. The summed E-state index contributed by atoms with van der Waals surface area (Å²) in [4.78, 5) is 14.9. The van der Waals surface area contributed by atoms with Crippen LogP contribution in [0.15, 0.2) is 35.7 Å². The predicted molar refractivity (Wildman–Crippen MR) is 129 cm³/mol. The van der Waals surface area contributed by atoms with E-state index in [0.717, 1.165) is 27.8 Å². The molecule has 7 heteroatoms. The molecule has 0 aromatic heterocycles. The van der Waals surface area contributed by atoms with Crippen molar-refractivity contribution in [3.63, 3.8) is 0 Å². The van der Waals surface area contributed by atoms with Gasteiger partial charge in [-0.15, -0.1) is 6.58 Å². The zero-order chi connectivity index (χ0) is 24.0. The summed E-state index contributed by atoms with van der Waals surface area (Å²) in [6.45, 7) is 17.5. The molecule has 6 nitrogen and oxygen atoms in total. The van der Waals surface area contributed by atoms with Gasteiger partial charge in [0, 0.05) is 12.6 Å². The SMILES string of the molecule is C=CCN1C(=O)C(C)(C)COc2cc(NS(=O)(=O)c3c(C)c(C)c(C)c(C)c3C)ccc21. The molecule has 0 radical (unpaired) electrons. The quantitative estimate of drug-likeness (QED) is 0.645. The Morgan fingerprint density at radius 3 is 2.19 bits per heavy atom. The van der Waals surface area contributed by atoms with Crippen molar-refractivity contribution in [2.24, 2.45) is 5.41 Å². The van der Waals surface area contributed by atoms with Gasteiger partial charge in [-0.05, 0) is 88.4 Å². The number of carbonyl (C=O) groups is 1. The molecule has 172 valence electrons. The molecule has 0 fully saturated rings. The van der Waals surface area contributed by atoms with Gasteiger partial charge in [0.15, 0.2) is 0 Å². The third kappa shape index (κ3) is 4.01. The van der Waals surface area contributed by atoms with Gasteiger partial charge in [0.05, 0.1) is 21.7 Å². The van der Waals surface area contributed by atoms with Crippen molar-refractivity contribution in [2.75, 3.05) is 22.8 Å². The number of nitrogens with one attached hydrogen (secondary N) is 1. The minimum Gasteiger partial charge on any atom is -0.490 e. The summed E-state index contributed by atoms with van der Waals surface area (Å²) >= 11 is 0. The molecule has 2 aromatic carbocycles. The second kappa shape index (κ2) is 8.28. The molecular formula is C25H32N2O4S. The Kier molecular flexibility index (Phi) is 6.17. The number of ether oxygens (including phenoxy) is 1. The van der Waals surface area contributed by atoms with E-state index in [4.69, 9.17) is 4.74 Å². The molecule has 0 spiro atoms. The molecule has 1 aliphatic rings. The van der Waals surface area contributed by atoms with E-state index >= 15 is 0 Å². The summed E-state index contributed by atoms with van der Waals surface area (Å²) in [6.07, 6.45) is 1.66. The van der Waals surface area contributed by atoms with Crippen LogP contribution in [-0.4, -0.2) is 27.5 Å². The number of amides is 1. The highest BCUT2D eigenvalue weighted by Gasteiger charge is 2.37. The first-order chi connectivity index (χ1) is 14.8. The summed E-state index contributed by atoms with van der Waals surface area (Å²) < 4.78 is 35.4. The van der Waals surface area contributed by atoms with Crippen LogP contribution in [0.3, 0.4) is 0 Å². The van der Waals surface area contributed by atoms with Crippen molar-refractivity contribution in [1.82, 2.24) is 0 Å². The molecular weight excluding hydrogens is 424 g/mol. The molecule has 0 bridgehead atoms. The fraction of sp³-hybridized carbons (Fsp3) is 0.400. The maximum atomic E-state index is 13.4. The van der Waals surface area contributed by atoms with Crippen molar-refractivity contribution >= 4 is 27.3 Å². The summed E-state index contributed by atoms with van der Waals surface area (Å²) in [7, 11) is -3.83. The first kappa shape index (κ1) is 23.9. The van der Waals surface area contributed by atoms with Crippen molar-refractivity contribution < 1.29 is 17.9 Å². The highest BCUT2D eigenvalue weighted by atomic mass is 32.2. The maximum absolute atomic E-state index is 13.4. The van der Waals surface area contributed by atoms with Crippen molar-refractivity contribution in [1.29, 1.82) is 0 Å². The minimum atomic E-state index is -3.83. The number of rotatable bonds is 5. The molecule has 0 aliphatic carbocycles. The Bertz CT molecular complexity index is 1180. The van der Waals surface area contributed by atoms with Gasteiger partial charge in [0.1, 0.15) is 12.4 Å². The van der Waals surface area contributed by atoms with Gasteiger partial charge in [0.2, 0.25) is 5.91 Å². The lowest BCUT2D eigenvalue weighted by Crippen LogP contribution is -2.42. The van der Waals surface area contributed by atoms with E-state index in [1.807, 2.05) is 48.5 Å². The minimum absolute atomic E-state index is 0.0682. The Hall–Kier alpha value is -2.80.